The summed E-state index contributed by atoms with van der Waals surface area (Å²) < 4.78 is 16.8. The van der Waals surface area contributed by atoms with Crippen molar-refractivity contribution in [3.63, 3.8) is 0 Å². The van der Waals surface area contributed by atoms with Crippen LogP contribution in [-0.4, -0.2) is 37.2 Å². The molecule has 6 heteroatoms. The van der Waals surface area contributed by atoms with Crippen LogP contribution in [0.1, 0.15) is 258 Å². The summed E-state index contributed by atoms with van der Waals surface area (Å²) in [6, 6.07) is 0. The summed E-state index contributed by atoms with van der Waals surface area (Å²) in [5.74, 6) is -0.916. The van der Waals surface area contributed by atoms with Gasteiger partial charge >= 0.3 is 17.9 Å². The van der Waals surface area contributed by atoms with Crippen LogP contribution < -0.4 is 0 Å². The average Bonchev–Trinajstić information content (AvgIpc) is 3.31. The zero-order chi connectivity index (χ0) is 47.9. The molecule has 0 aromatic heterocycles. The highest BCUT2D eigenvalue weighted by Crippen LogP contribution is 2.15. The second kappa shape index (κ2) is 54.2. The number of hydrogen-bond donors (Lipinski definition) is 0. The number of allylic oxidation sites excluding steroid dienone is 14. The van der Waals surface area contributed by atoms with Crippen LogP contribution in [0.25, 0.3) is 0 Å². The zero-order valence-corrected chi connectivity index (χ0v) is 43.2. The minimum absolute atomic E-state index is 0.0842. The van der Waals surface area contributed by atoms with Gasteiger partial charge in [0, 0.05) is 19.3 Å². The molecule has 0 saturated carbocycles. The maximum atomic E-state index is 12.8. The van der Waals surface area contributed by atoms with Gasteiger partial charge in [0.15, 0.2) is 6.10 Å². The highest BCUT2D eigenvalue weighted by atomic mass is 16.6. The van der Waals surface area contributed by atoms with Crippen molar-refractivity contribution >= 4 is 17.9 Å². The Kier molecular flexibility index (Phi) is 51.4. The molecule has 0 aliphatic rings. The number of carbonyl (C=O) groups is 3. The molecule has 0 saturated heterocycles. The molecular weight excluding hydrogens is 817 g/mol. The molecule has 6 nitrogen and oxygen atoms in total. The number of unbranched alkanes of at least 4 members (excludes halogenated alkanes) is 24. The third-order valence-corrected chi connectivity index (χ3v) is 11.7. The minimum atomic E-state index is -0.786. The van der Waals surface area contributed by atoms with Crippen molar-refractivity contribution in [2.24, 2.45) is 0 Å². The first-order chi connectivity index (χ1) is 32.5. The Morgan fingerprint density at radius 3 is 0.924 bits per heavy atom. The molecule has 0 aliphatic carbocycles. The first-order valence-corrected chi connectivity index (χ1v) is 27.6. The average molecular weight is 919 g/mol. The maximum Gasteiger partial charge on any atom is 0.306 e. The van der Waals surface area contributed by atoms with Crippen LogP contribution in [-0.2, 0) is 28.6 Å². The fourth-order valence-electron chi connectivity index (χ4n) is 7.54. The molecule has 0 aromatic rings. The molecule has 0 radical (unpaired) electrons. The molecule has 0 fully saturated rings. The van der Waals surface area contributed by atoms with Gasteiger partial charge in [-0.05, 0) is 77.0 Å². The van der Waals surface area contributed by atoms with Gasteiger partial charge in [-0.3, -0.25) is 14.4 Å². The van der Waals surface area contributed by atoms with E-state index in [1.54, 1.807) is 0 Å². The van der Waals surface area contributed by atoms with Crippen LogP contribution in [0.3, 0.4) is 0 Å². The molecule has 1 unspecified atom stereocenters. The lowest BCUT2D eigenvalue weighted by Gasteiger charge is -2.18. The van der Waals surface area contributed by atoms with Gasteiger partial charge in [0.05, 0.1) is 0 Å². The van der Waals surface area contributed by atoms with Crippen molar-refractivity contribution in [1.29, 1.82) is 0 Å². The van der Waals surface area contributed by atoms with E-state index in [1.165, 1.54) is 109 Å². The summed E-state index contributed by atoms with van der Waals surface area (Å²) in [7, 11) is 0. The fourth-order valence-corrected chi connectivity index (χ4v) is 7.54. The van der Waals surface area contributed by atoms with Gasteiger partial charge in [-0.15, -0.1) is 0 Å². The molecule has 0 heterocycles. The predicted octanol–water partition coefficient (Wildman–Crippen LogP) is 18.4. The number of ether oxygens (including phenoxy) is 3. The van der Waals surface area contributed by atoms with Crippen LogP contribution in [0.5, 0.6) is 0 Å². The SMILES string of the molecule is CC/C=C\C/C=C\C/C=C\C/C=C\C/C=C\C/C=C\C/C=C\CCCCCC(=O)OCC(COC(=O)CCCCCCCCCCCC)OC(=O)CCCCCCCCCCCCCCC. The Bertz CT molecular complexity index is 1290. The second-order valence-corrected chi connectivity index (χ2v) is 18.1. The normalized spacial score (nSPS) is 12.7. The topological polar surface area (TPSA) is 78.9 Å². The largest absolute Gasteiger partial charge is 0.462 e. The lowest BCUT2D eigenvalue weighted by molar-refractivity contribution is -0.167. The monoisotopic (exact) mass is 919 g/mol. The van der Waals surface area contributed by atoms with Crippen molar-refractivity contribution in [3.8, 4) is 0 Å². The van der Waals surface area contributed by atoms with E-state index in [4.69, 9.17) is 14.2 Å². The predicted molar refractivity (Wildman–Crippen MR) is 284 cm³/mol. The summed E-state index contributed by atoms with van der Waals surface area (Å²) in [5.41, 5.74) is 0. The molecule has 0 rings (SSSR count). The van der Waals surface area contributed by atoms with Gasteiger partial charge in [-0.25, -0.2) is 0 Å². The molecule has 0 bridgehead atoms. The van der Waals surface area contributed by atoms with Crippen LogP contribution in [0.4, 0.5) is 0 Å². The molecule has 0 N–H and O–H groups in total. The second-order valence-electron chi connectivity index (χ2n) is 18.1. The van der Waals surface area contributed by atoms with Gasteiger partial charge in [0.1, 0.15) is 13.2 Å². The zero-order valence-electron chi connectivity index (χ0n) is 43.2. The highest BCUT2D eigenvalue weighted by molar-refractivity contribution is 5.71. The summed E-state index contributed by atoms with van der Waals surface area (Å²) in [4.78, 5) is 38.0. The van der Waals surface area contributed by atoms with Crippen molar-refractivity contribution in [1.82, 2.24) is 0 Å². The molecule has 66 heavy (non-hydrogen) atoms. The smallest absolute Gasteiger partial charge is 0.306 e. The molecule has 378 valence electrons. The molecule has 0 aliphatic heterocycles. The summed E-state index contributed by atoms with van der Waals surface area (Å²) in [6.45, 7) is 6.49. The molecule has 0 aromatic carbocycles. The maximum absolute atomic E-state index is 12.8. The van der Waals surface area contributed by atoms with Crippen LogP contribution in [0.2, 0.25) is 0 Å². The van der Waals surface area contributed by atoms with Gasteiger partial charge in [0.25, 0.3) is 0 Å². The Morgan fingerprint density at radius 2 is 0.591 bits per heavy atom. The quantitative estimate of drug-likeness (QED) is 0.0262. The highest BCUT2D eigenvalue weighted by Gasteiger charge is 2.19. The summed E-state index contributed by atoms with van der Waals surface area (Å²) >= 11 is 0. The third kappa shape index (κ3) is 51.6. The number of rotatable bonds is 49. The summed E-state index contributed by atoms with van der Waals surface area (Å²) in [6.07, 6.45) is 70.0. The van der Waals surface area contributed by atoms with Crippen molar-refractivity contribution in [3.05, 3.63) is 85.1 Å². The molecule has 0 spiro atoms. The van der Waals surface area contributed by atoms with Crippen LogP contribution in [0, 0.1) is 0 Å². The lowest BCUT2D eigenvalue weighted by Crippen LogP contribution is -2.30. The molecule has 1 atom stereocenters. The Hall–Kier alpha value is -3.41. The van der Waals surface area contributed by atoms with E-state index in [0.717, 1.165) is 109 Å². The minimum Gasteiger partial charge on any atom is -0.462 e. The fraction of sp³-hybridized carbons (Fsp3) is 0.717. The Balaban J connectivity index is 4.34. The lowest BCUT2D eigenvalue weighted by atomic mass is 10.0. The van der Waals surface area contributed by atoms with Gasteiger partial charge in [0.2, 0.25) is 0 Å². The van der Waals surface area contributed by atoms with Crippen molar-refractivity contribution in [2.75, 3.05) is 13.2 Å². The van der Waals surface area contributed by atoms with E-state index >= 15 is 0 Å². The van der Waals surface area contributed by atoms with E-state index < -0.39 is 6.10 Å². The number of carbonyl (C=O) groups excluding carboxylic acids is 3. The molecule has 0 amide bonds. The molecular formula is C60H102O6. The third-order valence-electron chi connectivity index (χ3n) is 11.7. The van der Waals surface area contributed by atoms with E-state index in [1.807, 2.05) is 0 Å². The van der Waals surface area contributed by atoms with Crippen LogP contribution in [0.15, 0.2) is 85.1 Å². The van der Waals surface area contributed by atoms with E-state index in [-0.39, 0.29) is 31.1 Å². The van der Waals surface area contributed by atoms with E-state index in [2.05, 4.69) is 106 Å². The first-order valence-electron chi connectivity index (χ1n) is 27.6. The van der Waals surface area contributed by atoms with E-state index in [0.29, 0.717) is 19.3 Å². The Labute approximate surface area is 407 Å². The van der Waals surface area contributed by atoms with E-state index in [9.17, 15) is 14.4 Å². The van der Waals surface area contributed by atoms with Gasteiger partial charge in [-0.1, -0.05) is 247 Å². The summed E-state index contributed by atoms with van der Waals surface area (Å²) in [5, 5.41) is 0. The van der Waals surface area contributed by atoms with Crippen molar-refractivity contribution < 1.29 is 28.6 Å². The standard InChI is InChI=1S/C60H102O6/c1-4-7-10-13-16-19-22-24-25-26-27-28-29-30-31-32-33-34-35-37-38-41-44-47-50-53-59(62)65-56-57(55-64-58(61)52-49-46-43-40-21-18-15-12-9-6-3)66-60(63)54-51-48-45-42-39-36-23-20-17-14-11-8-5-2/h7,10,16,19,24-25,27-28,30-31,33-34,37-38,57H,4-6,8-9,11-15,17-18,20-23,26,29,32,35-36,39-56H2,1-3H3/b10-7-,19-16-,25-24-,28-27-,31-30-,34-33-,38-37-. The van der Waals surface area contributed by atoms with Crippen molar-refractivity contribution in [2.45, 2.75) is 264 Å². The number of esters is 3. The van der Waals surface area contributed by atoms with Crippen LogP contribution >= 0.6 is 0 Å². The number of hydrogen-bond acceptors (Lipinski definition) is 6. The van der Waals surface area contributed by atoms with Gasteiger partial charge in [-0.2, -0.15) is 0 Å². The Morgan fingerprint density at radius 1 is 0.318 bits per heavy atom. The van der Waals surface area contributed by atoms with Gasteiger partial charge < -0.3 is 14.2 Å². The first kappa shape index (κ1) is 62.6.